The van der Waals surface area contributed by atoms with E-state index in [0.717, 1.165) is 6.42 Å². The minimum absolute atomic E-state index is 0.164. The number of aromatic nitrogens is 3. The predicted octanol–water partition coefficient (Wildman–Crippen LogP) is 1.90. The van der Waals surface area contributed by atoms with Crippen molar-refractivity contribution in [2.45, 2.75) is 26.7 Å². The van der Waals surface area contributed by atoms with Crippen LogP contribution in [-0.4, -0.2) is 27.6 Å². The van der Waals surface area contributed by atoms with Gasteiger partial charge >= 0.3 is 0 Å². The Hall–Kier alpha value is -1.76. The van der Waals surface area contributed by atoms with Crippen molar-refractivity contribution in [3.8, 4) is 11.6 Å². The van der Waals surface area contributed by atoms with Gasteiger partial charge in [0.15, 0.2) is 10.8 Å². The van der Waals surface area contributed by atoms with Crippen LogP contribution in [0.5, 0.6) is 0 Å². The van der Waals surface area contributed by atoms with E-state index in [1.807, 2.05) is 13.8 Å². The summed E-state index contributed by atoms with van der Waals surface area (Å²) in [6.07, 6.45) is 1.60. The van der Waals surface area contributed by atoms with Crippen LogP contribution in [0.25, 0.3) is 11.6 Å². The van der Waals surface area contributed by atoms with Crippen LogP contribution in [0, 0.1) is 0 Å². The summed E-state index contributed by atoms with van der Waals surface area (Å²) in [6.45, 7) is 4.59. The SMILES string of the molecule is CCCNC(=O)c1nc(-c2nc(CC)no2)cs1. The monoisotopic (exact) mass is 266 g/mol. The number of hydrogen-bond acceptors (Lipinski definition) is 6. The standard InChI is InChI=1S/C11H14N4O2S/c1-3-5-12-9(16)11-13-7(6-18-11)10-14-8(4-2)15-17-10/h6H,3-5H2,1-2H3,(H,12,16). The lowest BCUT2D eigenvalue weighted by Crippen LogP contribution is -2.23. The van der Waals surface area contributed by atoms with Crippen LogP contribution in [0.3, 0.4) is 0 Å². The van der Waals surface area contributed by atoms with Gasteiger partial charge in [0.05, 0.1) is 0 Å². The van der Waals surface area contributed by atoms with E-state index in [-0.39, 0.29) is 5.91 Å². The molecule has 1 amide bonds. The van der Waals surface area contributed by atoms with E-state index in [1.165, 1.54) is 11.3 Å². The molecule has 7 heteroatoms. The summed E-state index contributed by atoms with van der Waals surface area (Å²) in [5, 5.41) is 8.72. The lowest BCUT2D eigenvalue weighted by Gasteiger charge is -1.98. The van der Waals surface area contributed by atoms with Crippen LogP contribution in [0.2, 0.25) is 0 Å². The molecule has 18 heavy (non-hydrogen) atoms. The predicted molar refractivity (Wildman–Crippen MR) is 67.4 cm³/mol. The van der Waals surface area contributed by atoms with Crippen molar-refractivity contribution in [3.63, 3.8) is 0 Å². The van der Waals surface area contributed by atoms with Crippen LogP contribution in [-0.2, 0) is 6.42 Å². The molecule has 0 saturated heterocycles. The maximum Gasteiger partial charge on any atom is 0.280 e. The lowest BCUT2D eigenvalue weighted by molar-refractivity contribution is 0.0953. The Kier molecular flexibility index (Phi) is 4.03. The van der Waals surface area contributed by atoms with Gasteiger partial charge in [-0.1, -0.05) is 19.0 Å². The van der Waals surface area contributed by atoms with Crippen LogP contribution >= 0.6 is 11.3 Å². The van der Waals surface area contributed by atoms with Crippen molar-refractivity contribution in [2.75, 3.05) is 6.54 Å². The second kappa shape index (κ2) is 5.72. The zero-order valence-electron chi connectivity index (χ0n) is 10.3. The first-order valence-corrected chi connectivity index (χ1v) is 6.69. The highest BCUT2D eigenvalue weighted by Gasteiger charge is 2.15. The minimum Gasteiger partial charge on any atom is -0.350 e. The van der Waals surface area contributed by atoms with E-state index in [0.29, 0.717) is 35.4 Å². The van der Waals surface area contributed by atoms with E-state index in [4.69, 9.17) is 4.52 Å². The molecule has 96 valence electrons. The van der Waals surface area contributed by atoms with Crippen molar-refractivity contribution in [1.29, 1.82) is 0 Å². The first-order valence-electron chi connectivity index (χ1n) is 5.81. The molecule has 2 rings (SSSR count). The molecule has 0 aliphatic heterocycles. The fraction of sp³-hybridized carbons (Fsp3) is 0.455. The maximum absolute atomic E-state index is 11.7. The first kappa shape index (κ1) is 12.7. The van der Waals surface area contributed by atoms with Crippen molar-refractivity contribution in [2.24, 2.45) is 0 Å². The van der Waals surface area contributed by atoms with Gasteiger partial charge in [-0.15, -0.1) is 11.3 Å². The fourth-order valence-corrected chi connectivity index (χ4v) is 2.00. The topological polar surface area (TPSA) is 80.9 Å². The summed E-state index contributed by atoms with van der Waals surface area (Å²) in [7, 11) is 0. The Labute approximate surface area is 108 Å². The van der Waals surface area contributed by atoms with Crippen LogP contribution in [0.1, 0.15) is 35.9 Å². The third-order valence-corrected chi connectivity index (χ3v) is 3.08. The number of carbonyl (C=O) groups excluding carboxylic acids is 1. The van der Waals surface area contributed by atoms with Crippen molar-refractivity contribution < 1.29 is 9.32 Å². The summed E-state index contributed by atoms with van der Waals surface area (Å²) < 4.78 is 5.07. The zero-order valence-corrected chi connectivity index (χ0v) is 11.1. The second-order valence-corrected chi connectivity index (χ2v) is 4.52. The zero-order chi connectivity index (χ0) is 13.0. The molecule has 0 radical (unpaired) electrons. The highest BCUT2D eigenvalue weighted by Crippen LogP contribution is 2.20. The average molecular weight is 266 g/mol. The van der Waals surface area contributed by atoms with Gasteiger partial charge in [0.2, 0.25) is 0 Å². The summed E-state index contributed by atoms with van der Waals surface area (Å²) in [4.78, 5) is 20.0. The molecule has 0 aliphatic carbocycles. The summed E-state index contributed by atoms with van der Waals surface area (Å²) in [6, 6.07) is 0. The molecule has 0 unspecified atom stereocenters. The highest BCUT2D eigenvalue weighted by molar-refractivity contribution is 7.12. The Morgan fingerprint density at radius 1 is 1.44 bits per heavy atom. The molecule has 0 fully saturated rings. The van der Waals surface area contributed by atoms with Gasteiger partial charge in [0, 0.05) is 18.3 Å². The number of amides is 1. The molecule has 0 atom stereocenters. The van der Waals surface area contributed by atoms with Crippen LogP contribution in [0.4, 0.5) is 0 Å². The molecule has 0 aliphatic rings. The number of nitrogens with zero attached hydrogens (tertiary/aromatic N) is 3. The van der Waals surface area contributed by atoms with E-state index in [2.05, 4.69) is 20.4 Å². The normalized spacial score (nSPS) is 10.6. The van der Waals surface area contributed by atoms with Crippen molar-refractivity contribution in [3.05, 3.63) is 16.2 Å². The second-order valence-electron chi connectivity index (χ2n) is 3.66. The molecular weight excluding hydrogens is 252 g/mol. The molecule has 0 saturated carbocycles. The third kappa shape index (κ3) is 2.73. The molecule has 6 nitrogen and oxygen atoms in total. The first-order chi connectivity index (χ1) is 8.74. The van der Waals surface area contributed by atoms with E-state index in [9.17, 15) is 4.79 Å². The van der Waals surface area contributed by atoms with Crippen LogP contribution < -0.4 is 5.32 Å². The average Bonchev–Trinajstić information content (AvgIpc) is 3.03. The molecular formula is C11H14N4O2S. The van der Waals surface area contributed by atoms with Gasteiger partial charge < -0.3 is 9.84 Å². The summed E-state index contributed by atoms with van der Waals surface area (Å²) >= 11 is 1.27. The molecule has 2 heterocycles. The number of rotatable bonds is 5. The highest BCUT2D eigenvalue weighted by atomic mass is 32.1. The van der Waals surface area contributed by atoms with Gasteiger partial charge in [-0.3, -0.25) is 4.79 Å². The molecule has 1 N–H and O–H groups in total. The Balaban J connectivity index is 2.12. The van der Waals surface area contributed by atoms with E-state index < -0.39 is 0 Å². The number of carbonyl (C=O) groups is 1. The Morgan fingerprint density at radius 3 is 2.94 bits per heavy atom. The van der Waals surface area contributed by atoms with Gasteiger partial charge in [-0.2, -0.15) is 4.98 Å². The molecule has 2 aromatic rings. The van der Waals surface area contributed by atoms with Gasteiger partial charge in [0.1, 0.15) is 5.69 Å². The quantitative estimate of drug-likeness (QED) is 0.893. The number of thiazole rings is 1. The van der Waals surface area contributed by atoms with Gasteiger partial charge in [0.25, 0.3) is 11.8 Å². The Morgan fingerprint density at radius 2 is 2.28 bits per heavy atom. The van der Waals surface area contributed by atoms with Crippen LogP contribution in [0.15, 0.2) is 9.90 Å². The smallest absolute Gasteiger partial charge is 0.280 e. The maximum atomic E-state index is 11.7. The Bertz CT molecular complexity index is 535. The van der Waals surface area contributed by atoms with E-state index in [1.54, 1.807) is 5.38 Å². The number of aryl methyl sites for hydroxylation is 1. The van der Waals surface area contributed by atoms with Crippen molar-refractivity contribution in [1.82, 2.24) is 20.4 Å². The lowest BCUT2D eigenvalue weighted by atomic mass is 10.4. The summed E-state index contributed by atoms with van der Waals surface area (Å²) in [5.41, 5.74) is 0.550. The van der Waals surface area contributed by atoms with Gasteiger partial charge in [-0.05, 0) is 6.42 Å². The van der Waals surface area contributed by atoms with Crippen molar-refractivity contribution >= 4 is 17.2 Å². The third-order valence-electron chi connectivity index (χ3n) is 2.24. The summed E-state index contributed by atoms with van der Waals surface area (Å²) in [5.74, 6) is 0.830. The molecule has 0 spiro atoms. The fourth-order valence-electron chi connectivity index (χ4n) is 1.29. The molecule has 0 aromatic carbocycles. The largest absolute Gasteiger partial charge is 0.350 e. The number of hydrogen-bond donors (Lipinski definition) is 1. The minimum atomic E-state index is -0.164. The number of nitrogens with one attached hydrogen (secondary N) is 1. The molecule has 2 aromatic heterocycles. The van der Waals surface area contributed by atoms with E-state index >= 15 is 0 Å². The molecule has 0 bridgehead atoms. The van der Waals surface area contributed by atoms with Gasteiger partial charge in [-0.25, -0.2) is 4.98 Å².